The fourth-order valence-corrected chi connectivity index (χ4v) is 13.3. The van der Waals surface area contributed by atoms with E-state index < -0.39 is 6.23 Å². The summed E-state index contributed by atoms with van der Waals surface area (Å²) in [5.41, 5.74) is 1.39. The molecular formula is C37H53ClN4O3. The van der Waals surface area contributed by atoms with E-state index in [2.05, 4.69) is 51.2 Å². The third kappa shape index (κ3) is 4.27. The molecule has 8 heteroatoms. The van der Waals surface area contributed by atoms with Gasteiger partial charge in [0.2, 0.25) is 0 Å². The van der Waals surface area contributed by atoms with Crippen molar-refractivity contribution in [3.63, 3.8) is 0 Å². The third-order valence-electron chi connectivity index (χ3n) is 15.4. The lowest BCUT2D eigenvalue weighted by atomic mass is 9.32. The topological polar surface area (TPSA) is 82.2 Å². The van der Waals surface area contributed by atoms with E-state index in [4.69, 9.17) is 16.3 Å². The molecule has 11 atom stereocenters. The number of allylic oxidation sites excluding steroid dienone is 1. The lowest BCUT2D eigenvalue weighted by molar-refractivity contribution is -0.256. The molecule has 1 unspecified atom stereocenters. The first-order chi connectivity index (χ1) is 21.3. The van der Waals surface area contributed by atoms with Crippen LogP contribution < -0.4 is 0 Å². The first-order valence-electron chi connectivity index (χ1n) is 17.4. The van der Waals surface area contributed by atoms with Crippen LogP contribution in [0.25, 0.3) is 0 Å². The molecule has 2 aromatic rings. The Bertz CT molecular complexity index is 1420. The van der Waals surface area contributed by atoms with Crippen LogP contribution in [0.3, 0.4) is 0 Å². The van der Waals surface area contributed by atoms with Gasteiger partial charge in [0.25, 0.3) is 0 Å². The molecule has 246 valence electrons. The van der Waals surface area contributed by atoms with Gasteiger partial charge < -0.3 is 14.4 Å². The van der Waals surface area contributed by atoms with Crippen molar-refractivity contribution in [2.24, 2.45) is 56.7 Å². The molecule has 0 aromatic carbocycles. The van der Waals surface area contributed by atoms with Gasteiger partial charge in [0.15, 0.2) is 0 Å². The summed E-state index contributed by atoms with van der Waals surface area (Å²) < 4.78 is 9.60. The van der Waals surface area contributed by atoms with E-state index in [-0.39, 0.29) is 39.3 Å². The zero-order valence-electron chi connectivity index (χ0n) is 27.9. The Morgan fingerprint density at radius 3 is 2.38 bits per heavy atom. The average molecular weight is 637 g/mol. The number of ether oxygens (including phenoxy) is 1. The molecule has 2 aromatic heterocycles. The van der Waals surface area contributed by atoms with Crippen LogP contribution >= 0.6 is 11.6 Å². The Balaban J connectivity index is 1.20. The van der Waals surface area contributed by atoms with Gasteiger partial charge >= 0.3 is 6.09 Å². The second-order valence-electron chi connectivity index (χ2n) is 17.0. The number of aliphatic hydroxyl groups is 1. The summed E-state index contributed by atoms with van der Waals surface area (Å²) in [6.45, 7) is 17.1. The number of hydrogen-bond donors (Lipinski definition) is 1. The SMILES string of the molecule is C=C(CCl)[C@@H]1CC[C@]2(C(O)n3ccnc3)CC[C@]3(C)[C@H](CC[C@@H]4[C@@]5(C)CC[C@H](OC(=O)n6ccnc6)C(C)(C)[C@@H]5CC[C@]43C)[C@@H]12. The van der Waals surface area contributed by atoms with Crippen molar-refractivity contribution in [2.75, 3.05) is 5.88 Å². The summed E-state index contributed by atoms with van der Waals surface area (Å²) in [7, 11) is 0. The molecule has 7 nitrogen and oxygen atoms in total. The number of imidazole rings is 2. The van der Waals surface area contributed by atoms with Gasteiger partial charge in [-0.3, -0.25) is 0 Å². The number of nitrogens with zero attached hydrogens (tertiary/aromatic N) is 4. The molecule has 5 aliphatic carbocycles. The van der Waals surface area contributed by atoms with Gasteiger partial charge in [0.05, 0.1) is 6.33 Å². The minimum absolute atomic E-state index is 0.109. The molecule has 0 aliphatic heterocycles. The molecule has 45 heavy (non-hydrogen) atoms. The summed E-state index contributed by atoms with van der Waals surface area (Å²) in [6, 6.07) is 0. The summed E-state index contributed by atoms with van der Waals surface area (Å²) in [6.07, 6.45) is 20.3. The average Bonchev–Trinajstić information content (AvgIpc) is 3.80. The first kappa shape index (κ1) is 31.5. The Morgan fingerprint density at radius 1 is 0.933 bits per heavy atom. The van der Waals surface area contributed by atoms with E-state index in [0.717, 1.165) is 50.5 Å². The van der Waals surface area contributed by atoms with Crippen molar-refractivity contribution in [3.8, 4) is 0 Å². The summed E-state index contributed by atoms with van der Waals surface area (Å²) in [4.78, 5) is 21.3. The van der Waals surface area contributed by atoms with Crippen LogP contribution in [0.1, 0.15) is 105 Å². The lowest BCUT2D eigenvalue weighted by Crippen LogP contribution is -2.67. The smallest absolute Gasteiger partial charge is 0.419 e. The van der Waals surface area contributed by atoms with Gasteiger partial charge in [0.1, 0.15) is 18.7 Å². The largest absolute Gasteiger partial charge is 0.445 e. The molecular weight excluding hydrogens is 584 g/mol. The molecule has 0 saturated heterocycles. The van der Waals surface area contributed by atoms with Crippen molar-refractivity contribution in [2.45, 2.75) is 111 Å². The molecule has 5 fully saturated rings. The van der Waals surface area contributed by atoms with Crippen molar-refractivity contribution in [3.05, 3.63) is 49.6 Å². The molecule has 0 spiro atoms. The molecule has 7 rings (SSSR count). The summed E-state index contributed by atoms with van der Waals surface area (Å²) >= 11 is 6.52. The predicted octanol–water partition coefficient (Wildman–Crippen LogP) is 8.50. The molecule has 0 radical (unpaired) electrons. The summed E-state index contributed by atoms with van der Waals surface area (Å²) in [5, 5.41) is 12.1. The maximum atomic E-state index is 13.0. The van der Waals surface area contributed by atoms with Crippen LogP contribution in [-0.4, -0.2) is 42.3 Å². The van der Waals surface area contributed by atoms with Crippen LogP contribution in [0.15, 0.2) is 49.6 Å². The van der Waals surface area contributed by atoms with E-state index >= 15 is 0 Å². The fourth-order valence-electron chi connectivity index (χ4n) is 13.1. The fraction of sp³-hybridized carbons (Fsp3) is 0.757. The molecule has 1 N–H and O–H groups in total. The van der Waals surface area contributed by atoms with E-state index in [9.17, 15) is 9.90 Å². The van der Waals surface area contributed by atoms with Crippen LogP contribution in [0.5, 0.6) is 0 Å². The van der Waals surface area contributed by atoms with Gasteiger partial charge in [-0.15, -0.1) is 11.6 Å². The van der Waals surface area contributed by atoms with Gasteiger partial charge in [-0.1, -0.05) is 46.8 Å². The Kier molecular flexibility index (Phi) is 7.48. The Morgan fingerprint density at radius 2 is 1.69 bits per heavy atom. The van der Waals surface area contributed by atoms with Gasteiger partial charge in [-0.25, -0.2) is 19.3 Å². The zero-order chi connectivity index (χ0) is 32.0. The molecule has 5 aliphatic rings. The highest BCUT2D eigenvalue weighted by Gasteiger charge is 2.72. The van der Waals surface area contributed by atoms with Crippen LogP contribution in [0.2, 0.25) is 0 Å². The second-order valence-corrected chi connectivity index (χ2v) is 17.2. The maximum absolute atomic E-state index is 13.0. The zero-order valence-corrected chi connectivity index (χ0v) is 28.7. The van der Waals surface area contributed by atoms with Crippen molar-refractivity contribution >= 4 is 17.7 Å². The molecule has 0 bridgehead atoms. The minimum Gasteiger partial charge on any atom is -0.445 e. The highest BCUT2D eigenvalue weighted by Crippen LogP contribution is 2.78. The third-order valence-corrected chi connectivity index (χ3v) is 15.8. The van der Waals surface area contributed by atoms with Gasteiger partial charge in [-0.05, 0) is 110 Å². The number of rotatable bonds is 5. The van der Waals surface area contributed by atoms with Crippen LogP contribution in [0, 0.1) is 56.7 Å². The van der Waals surface area contributed by atoms with Gasteiger partial charge in [0, 0.05) is 41.5 Å². The first-order valence-corrected chi connectivity index (χ1v) is 17.9. The molecule has 0 amide bonds. The number of carbonyl (C=O) groups is 1. The number of alkyl halides is 1. The molecule has 5 saturated carbocycles. The quantitative estimate of drug-likeness (QED) is 0.263. The van der Waals surface area contributed by atoms with E-state index in [1.807, 2.05) is 10.8 Å². The monoisotopic (exact) mass is 636 g/mol. The number of hydrogen-bond acceptors (Lipinski definition) is 5. The number of aliphatic hydroxyl groups excluding tert-OH is 1. The minimum atomic E-state index is -0.581. The number of carbonyl (C=O) groups excluding carboxylic acids is 1. The number of aromatic nitrogens is 4. The predicted molar refractivity (Wildman–Crippen MR) is 175 cm³/mol. The van der Waals surface area contributed by atoms with E-state index in [1.165, 1.54) is 30.2 Å². The number of halogens is 1. The molecule has 2 heterocycles. The van der Waals surface area contributed by atoms with Crippen molar-refractivity contribution < 1.29 is 14.6 Å². The maximum Gasteiger partial charge on any atom is 0.419 e. The normalized spacial score (nSPS) is 44.2. The number of fused-ring (bicyclic) bond motifs is 7. The van der Waals surface area contributed by atoms with Crippen molar-refractivity contribution in [1.29, 1.82) is 0 Å². The summed E-state index contributed by atoms with van der Waals surface area (Å²) in [5.74, 6) is 2.80. The standard InChI is InChI=1S/C37H53ClN4O3/c1-24(21-38)25-9-14-37(31(43)41-19-17-39-22-41)16-15-35(5)26(30(25)37)7-8-28-34(4)12-11-29(45-32(44)42-20-18-40-23-42)33(2,3)27(34)10-13-36(28,35)6/h17-20,22-23,25-31,43H,1,7-16,21H2,2-6H3/t25-,26+,27-,28+,29-,30+,31?,34-,35+,36+,37-/m0/s1. The highest BCUT2D eigenvalue weighted by molar-refractivity contribution is 6.19. The van der Waals surface area contributed by atoms with Crippen LogP contribution in [0.4, 0.5) is 4.79 Å². The second kappa shape index (κ2) is 10.7. The highest BCUT2D eigenvalue weighted by atomic mass is 35.5. The van der Waals surface area contributed by atoms with Gasteiger partial charge in [-0.2, -0.15) is 0 Å². The van der Waals surface area contributed by atoms with E-state index in [0.29, 0.717) is 35.5 Å². The van der Waals surface area contributed by atoms with Crippen molar-refractivity contribution in [1.82, 2.24) is 19.1 Å². The lowest BCUT2D eigenvalue weighted by Gasteiger charge is -2.73. The van der Waals surface area contributed by atoms with E-state index in [1.54, 1.807) is 24.9 Å². The van der Waals surface area contributed by atoms with Crippen LogP contribution in [-0.2, 0) is 4.74 Å². The Hall–Kier alpha value is -2.12. The Labute approximate surface area is 274 Å².